The second kappa shape index (κ2) is 6.41. The van der Waals surface area contributed by atoms with Crippen LogP contribution in [-0.4, -0.2) is 29.8 Å². The van der Waals surface area contributed by atoms with Crippen molar-refractivity contribution in [2.24, 2.45) is 0 Å². The molecule has 0 saturated heterocycles. The molecular formula is C12H15BrClNO3. The van der Waals surface area contributed by atoms with Gasteiger partial charge in [0.2, 0.25) is 0 Å². The minimum atomic E-state index is -0.663. The van der Waals surface area contributed by atoms with Gasteiger partial charge in [0.15, 0.2) is 6.61 Å². The van der Waals surface area contributed by atoms with Crippen molar-refractivity contribution >= 4 is 33.4 Å². The number of hydrogen-bond acceptors (Lipinski definition) is 3. The molecule has 0 unspecified atom stereocenters. The van der Waals surface area contributed by atoms with Gasteiger partial charge in [0, 0.05) is 4.47 Å². The van der Waals surface area contributed by atoms with E-state index in [2.05, 4.69) is 21.2 Å². The summed E-state index contributed by atoms with van der Waals surface area (Å²) in [4.78, 5) is 11.6. The normalized spacial score (nSPS) is 11.2. The first-order chi connectivity index (χ1) is 8.34. The highest BCUT2D eigenvalue weighted by Crippen LogP contribution is 2.27. The summed E-state index contributed by atoms with van der Waals surface area (Å²) in [6.45, 7) is 3.15. The summed E-state index contributed by atoms with van der Waals surface area (Å²) in [6.07, 6.45) is 0. The van der Waals surface area contributed by atoms with Crippen molar-refractivity contribution < 1.29 is 14.6 Å². The molecule has 0 aliphatic rings. The highest BCUT2D eigenvalue weighted by molar-refractivity contribution is 9.10. The first-order valence-corrected chi connectivity index (χ1v) is 6.51. The van der Waals surface area contributed by atoms with E-state index in [1.165, 1.54) is 0 Å². The maximum absolute atomic E-state index is 11.6. The molecule has 1 amide bonds. The molecule has 0 aromatic heterocycles. The number of aliphatic hydroxyl groups excluding tert-OH is 1. The fourth-order valence-corrected chi connectivity index (χ4v) is 1.92. The maximum Gasteiger partial charge on any atom is 0.258 e. The van der Waals surface area contributed by atoms with Crippen LogP contribution in [0.15, 0.2) is 22.7 Å². The zero-order chi connectivity index (χ0) is 13.8. The molecule has 100 valence electrons. The van der Waals surface area contributed by atoms with E-state index < -0.39 is 5.54 Å². The fourth-order valence-electron chi connectivity index (χ4n) is 1.19. The number of aliphatic hydroxyl groups is 1. The second-order valence-electron chi connectivity index (χ2n) is 4.45. The molecule has 0 heterocycles. The summed E-state index contributed by atoms with van der Waals surface area (Å²) >= 11 is 9.22. The third-order valence-corrected chi connectivity index (χ3v) is 2.91. The molecule has 0 atom stereocenters. The average Bonchev–Trinajstić information content (AvgIpc) is 2.27. The Kier molecular flexibility index (Phi) is 5.44. The third-order valence-electron chi connectivity index (χ3n) is 2.13. The summed E-state index contributed by atoms with van der Waals surface area (Å²) in [5.41, 5.74) is -0.663. The highest BCUT2D eigenvalue weighted by atomic mass is 79.9. The summed E-state index contributed by atoms with van der Waals surface area (Å²) in [6, 6.07) is 5.14. The SMILES string of the molecule is CC(C)(CO)NC(=O)COc1ccc(Br)cc1Cl. The molecular weight excluding hydrogens is 321 g/mol. The van der Waals surface area contributed by atoms with Crippen LogP contribution in [0.2, 0.25) is 5.02 Å². The number of rotatable bonds is 5. The Hall–Kier alpha value is -0.780. The van der Waals surface area contributed by atoms with E-state index in [4.69, 9.17) is 21.4 Å². The maximum atomic E-state index is 11.6. The number of nitrogens with one attached hydrogen (secondary N) is 1. The van der Waals surface area contributed by atoms with E-state index in [1.807, 2.05) is 0 Å². The summed E-state index contributed by atoms with van der Waals surface area (Å²) in [5.74, 6) is 0.129. The van der Waals surface area contributed by atoms with Gasteiger partial charge in [0.1, 0.15) is 5.75 Å². The first kappa shape index (κ1) is 15.3. The van der Waals surface area contributed by atoms with Gasteiger partial charge in [-0.1, -0.05) is 27.5 Å². The zero-order valence-electron chi connectivity index (χ0n) is 10.2. The fraction of sp³-hybridized carbons (Fsp3) is 0.417. The van der Waals surface area contributed by atoms with Gasteiger partial charge in [-0.05, 0) is 32.0 Å². The Bertz CT molecular complexity index is 437. The van der Waals surface area contributed by atoms with Crippen molar-refractivity contribution in [1.82, 2.24) is 5.32 Å². The van der Waals surface area contributed by atoms with Gasteiger partial charge >= 0.3 is 0 Å². The highest BCUT2D eigenvalue weighted by Gasteiger charge is 2.19. The molecule has 2 N–H and O–H groups in total. The molecule has 0 aliphatic carbocycles. The number of amides is 1. The Morgan fingerprint density at radius 1 is 1.56 bits per heavy atom. The van der Waals surface area contributed by atoms with E-state index in [9.17, 15) is 4.79 Å². The number of halogens is 2. The van der Waals surface area contributed by atoms with Crippen LogP contribution >= 0.6 is 27.5 Å². The van der Waals surface area contributed by atoms with E-state index in [-0.39, 0.29) is 19.1 Å². The summed E-state index contributed by atoms with van der Waals surface area (Å²) in [7, 11) is 0. The Morgan fingerprint density at radius 2 is 2.22 bits per heavy atom. The number of carbonyl (C=O) groups excluding carboxylic acids is 1. The van der Waals surface area contributed by atoms with Gasteiger partial charge in [0.25, 0.3) is 5.91 Å². The third kappa shape index (κ3) is 4.84. The molecule has 6 heteroatoms. The van der Waals surface area contributed by atoms with E-state index in [1.54, 1.807) is 32.0 Å². The van der Waals surface area contributed by atoms with Crippen molar-refractivity contribution in [2.45, 2.75) is 19.4 Å². The van der Waals surface area contributed by atoms with Gasteiger partial charge in [-0.3, -0.25) is 4.79 Å². The molecule has 0 aliphatic heterocycles. The molecule has 0 radical (unpaired) electrons. The van der Waals surface area contributed by atoms with Crippen LogP contribution in [0.4, 0.5) is 0 Å². The molecule has 0 bridgehead atoms. The van der Waals surface area contributed by atoms with Gasteiger partial charge in [-0.25, -0.2) is 0 Å². The topological polar surface area (TPSA) is 58.6 Å². The monoisotopic (exact) mass is 335 g/mol. The van der Waals surface area contributed by atoms with Gasteiger partial charge in [0.05, 0.1) is 17.2 Å². The van der Waals surface area contributed by atoms with Crippen LogP contribution in [0.1, 0.15) is 13.8 Å². The lowest BCUT2D eigenvalue weighted by Crippen LogP contribution is -2.48. The van der Waals surface area contributed by atoms with Crippen molar-refractivity contribution in [3.05, 3.63) is 27.7 Å². The molecule has 1 rings (SSSR count). The quantitative estimate of drug-likeness (QED) is 0.868. The van der Waals surface area contributed by atoms with Gasteiger partial charge in [-0.15, -0.1) is 0 Å². The zero-order valence-corrected chi connectivity index (χ0v) is 12.5. The molecule has 18 heavy (non-hydrogen) atoms. The minimum absolute atomic E-state index is 0.141. The van der Waals surface area contributed by atoms with Crippen molar-refractivity contribution in [3.63, 3.8) is 0 Å². The molecule has 4 nitrogen and oxygen atoms in total. The lowest BCUT2D eigenvalue weighted by atomic mass is 10.1. The molecule has 0 spiro atoms. The Balaban J connectivity index is 2.53. The van der Waals surface area contributed by atoms with Crippen molar-refractivity contribution in [1.29, 1.82) is 0 Å². The molecule has 1 aromatic carbocycles. The van der Waals surface area contributed by atoms with Gasteiger partial charge < -0.3 is 15.2 Å². The van der Waals surface area contributed by atoms with Crippen molar-refractivity contribution in [2.75, 3.05) is 13.2 Å². The second-order valence-corrected chi connectivity index (χ2v) is 5.78. The Morgan fingerprint density at radius 3 is 2.78 bits per heavy atom. The standard InChI is InChI=1S/C12H15BrClNO3/c1-12(2,7-16)15-11(17)6-18-10-4-3-8(13)5-9(10)14/h3-5,16H,6-7H2,1-2H3,(H,15,17). The van der Waals surface area contributed by atoms with Crippen LogP contribution < -0.4 is 10.1 Å². The minimum Gasteiger partial charge on any atom is -0.482 e. The molecule has 1 aromatic rings. The number of carbonyl (C=O) groups is 1. The van der Waals surface area contributed by atoms with Crippen LogP contribution in [0.25, 0.3) is 0 Å². The van der Waals surface area contributed by atoms with Crippen molar-refractivity contribution in [3.8, 4) is 5.75 Å². The summed E-state index contributed by atoms with van der Waals surface area (Å²) < 4.78 is 6.14. The van der Waals surface area contributed by atoms with Crippen LogP contribution in [0.5, 0.6) is 5.75 Å². The van der Waals surface area contributed by atoms with Crippen LogP contribution in [0.3, 0.4) is 0 Å². The number of ether oxygens (including phenoxy) is 1. The largest absolute Gasteiger partial charge is 0.482 e. The average molecular weight is 337 g/mol. The van der Waals surface area contributed by atoms with E-state index in [0.29, 0.717) is 10.8 Å². The number of hydrogen-bond donors (Lipinski definition) is 2. The summed E-state index contributed by atoms with van der Waals surface area (Å²) in [5, 5.41) is 12.1. The smallest absolute Gasteiger partial charge is 0.258 e. The predicted octanol–water partition coefficient (Wildman–Crippen LogP) is 2.37. The number of benzene rings is 1. The van der Waals surface area contributed by atoms with Crippen LogP contribution in [0, 0.1) is 0 Å². The van der Waals surface area contributed by atoms with E-state index in [0.717, 1.165) is 4.47 Å². The van der Waals surface area contributed by atoms with Gasteiger partial charge in [-0.2, -0.15) is 0 Å². The molecule has 0 saturated carbocycles. The predicted molar refractivity (Wildman–Crippen MR) is 74.0 cm³/mol. The Labute approximate surface area is 119 Å². The van der Waals surface area contributed by atoms with Crippen LogP contribution in [-0.2, 0) is 4.79 Å². The lowest BCUT2D eigenvalue weighted by Gasteiger charge is -2.23. The lowest BCUT2D eigenvalue weighted by molar-refractivity contribution is -0.125. The first-order valence-electron chi connectivity index (χ1n) is 5.34. The van der Waals surface area contributed by atoms with E-state index >= 15 is 0 Å². The molecule has 0 fully saturated rings.